The van der Waals surface area contributed by atoms with Crippen LogP contribution in [0.1, 0.15) is 17.8 Å². The number of carbonyl (C=O) groups is 3. The van der Waals surface area contributed by atoms with E-state index in [0.717, 1.165) is 4.90 Å². The van der Waals surface area contributed by atoms with Crippen molar-refractivity contribution < 1.29 is 19.3 Å². The zero-order valence-electron chi connectivity index (χ0n) is 18.5. The SMILES string of the molecule is O=C(CCc1nc2ccccc2c(=O)[nH]1)NCCN1C(=O)S/C(=C\c2ccc(Cl)c([N+](=O)[O-])c2)C1=O. The Bertz CT molecular complexity index is 1490. The Morgan fingerprint density at radius 1 is 1.22 bits per heavy atom. The summed E-state index contributed by atoms with van der Waals surface area (Å²) in [6.07, 6.45) is 1.64. The Hall–Kier alpha value is -4.03. The highest BCUT2D eigenvalue weighted by molar-refractivity contribution is 8.18. The van der Waals surface area contributed by atoms with Crippen molar-refractivity contribution in [3.05, 3.63) is 84.2 Å². The van der Waals surface area contributed by atoms with Gasteiger partial charge in [0, 0.05) is 32.0 Å². The zero-order valence-corrected chi connectivity index (χ0v) is 20.1. The van der Waals surface area contributed by atoms with Crippen LogP contribution in [0.4, 0.5) is 10.5 Å². The number of fused-ring (bicyclic) bond motifs is 1. The third-order valence-electron chi connectivity index (χ3n) is 5.25. The minimum atomic E-state index is -0.637. The van der Waals surface area contributed by atoms with Crippen LogP contribution in [0, 0.1) is 10.1 Å². The maximum absolute atomic E-state index is 12.6. The second-order valence-electron chi connectivity index (χ2n) is 7.68. The Balaban J connectivity index is 1.31. The van der Waals surface area contributed by atoms with Gasteiger partial charge in [0.25, 0.3) is 22.4 Å². The number of nitro benzene ring substituents is 1. The Morgan fingerprint density at radius 3 is 2.78 bits per heavy atom. The molecule has 0 unspecified atom stereocenters. The number of thioether (sulfide) groups is 1. The second kappa shape index (κ2) is 10.7. The number of benzene rings is 2. The summed E-state index contributed by atoms with van der Waals surface area (Å²) in [5.41, 5.74) is 0.300. The van der Waals surface area contributed by atoms with Crippen molar-refractivity contribution in [2.45, 2.75) is 12.8 Å². The fourth-order valence-corrected chi connectivity index (χ4v) is 4.54. The Morgan fingerprint density at radius 2 is 2.00 bits per heavy atom. The molecule has 11 nitrogen and oxygen atoms in total. The van der Waals surface area contributed by atoms with E-state index in [9.17, 15) is 29.3 Å². The average molecular weight is 528 g/mol. The van der Waals surface area contributed by atoms with Gasteiger partial charge in [-0.2, -0.15) is 0 Å². The van der Waals surface area contributed by atoms with Gasteiger partial charge in [-0.15, -0.1) is 0 Å². The van der Waals surface area contributed by atoms with Crippen LogP contribution in [-0.2, 0) is 16.0 Å². The molecule has 1 aliphatic rings. The molecule has 2 heterocycles. The predicted octanol–water partition coefficient (Wildman–Crippen LogP) is 3.27. The van der Waals surface area contributed by atoms with Crippen LogP contribution in [0.25, 0.3) is 17.0 Å². The van der Waals surface area contributed by atoms with E-state index in [4.69, 9.17) is 11.6 Å². The van der Waals surface area contributed by atoms with Crippen molar-refractivity contribution in [3.63, 3.8) is 0 Å². The van der Waals surface area contributed by atoms with E-state index in [1.807, 2.05) is 0 Å². The van der Waals surface area contributed by atoms with Gasteiger partial charge in [0.1, 0.15) is 10.8 Å². The monoisotopic (exact) mass is 527 g/mol. The summed E-state index contributed by atoms with van der Waals surface area (Å²) in [6, 6.07) is 10.9. The number of halogens is 1. The number of rotatable bonds is 8. The van der Waals surface area contributed by atoms with E-state index in [-0.39, 0.29) is 53.0 Å². The van der Waals surface area contributed by atoms with Crippen molar-refractivity contribution in [2.24, 2.45) is 0 Å². The molecule has 184 valence electrons. The van der Waals surface area contributed by atoms with Gasteiger partial charge in [-0.1, -0.05) is 29.8 Å². The quantitative estimate of drug-likeness (QED) is 0.257. The molecule has 13 heteroatoms. The Labute approximate surface area is 212 Å². The number of H-pyrrole nitrogens is 1. The molecular formula is C23H18ClN5O6S. The number of aromatic amines is 1. The lowest BCUT2D eigenvalue weighted by Gasteiger charge is -2.13. The van der Waals surface area contributed by atoms with Crippen molar-refractivity contribution in [2.75, 3.05) is 13.1 Å². The fourth-order valence-electron chi connectivity index (χ4n) is 3.48. The lowest BCUT2D eigenvalue weighted by atomic mass is 10.2. The average Bonchev–Trinajstić information content (AvgIpc) is 3.11. The number of para-hydroxylation sites is 1. The first-order valence-corrected chi connectivity index (χ1v) is 11.9. The molecule has 3 amide bonds. The van der Waals surface area contributed by atoms with Crippen LogP contribution in [0.5, 0.6) is 0 Å². The standard InChI is InChI=1S/C23H18ClN5O6S/c24-15-6-5-13(11-17(15)29(34)35)12-18-22(32)28(23(33)36-18)10-9-25-20(30)8-7-19-26-16-4-2-1-3-14(16)21(31)27-19/h1-6,11-12H,7-10H2,(H,25,30)(H,26,27,31)/b18-12-. The molecule has 0 atom stereocenters. The lowest BCUT2D eigenvalue weighted by Crippen LogP contribution is -2.37. The molecule has 1 aliphatic heterocycles. The van der Waals surface area contributed by atoms with Gasteiger partial charge in [0.15, 0.2) is 0 Å². The first-order chi connectivity index (χ1) is 17.2. The molecule has 2 N–H and O–H groups in total. The molecule has 1 saturated heterocycles. The molecule has 0 radical (unpaired) electrons. The molecule has 1 aromatic heterocycles. The van der Waals surface area contributed by atoms with E-state index in [0.29, 0.717) is 34.1 Å². The van der Waals surface area contributed by atoms with E-state index in [1.54, 1.807) is 24.3 Å². The summed E-state index contributed by atoms with van der Waals surface area (Å²) < 4.78 is 0. The van der Waals surface area contributed by atoms with Crippen molar-refractivity contribution >= 4 is 63.1 Å². The number of hydrogen-bond donors (Lipinski definition) is 2. The van der Waals surface area contributed by atoms with Gasteiger partial charge < -0.3 is 10.3 Å². The molecule has 0 spiro atoms. The fraction of sp³-hybridized carbons (Fsp3) is 0.174. The molecular weight excluding hydrogens is 510 g/mol. The highest BCUT2D eigenvalue weighted by Crippen LogP contribution is 2.33. The zero-order chi connectivity index (χ0) is 25.8. The summed E-state index contributed by atoms with van der Waals surface area (Å²) in [6.45, 7) is -0.00217. The summed E-state index contributed by atoms with van der Waals surface area (Å²) in [5, 5.41) is 13.6. The molecule has 36 heavy (non-hydrogen) atoms. The smallest absolute Gasteiger partial charge is 0.293 e. The van der Waals surface area contributed by atoms with Gasteiger partial charge >= 0.3 is 0 Å². The minimum absolute atomic E-state index is 0.0382. The number of hydrogen-bond acceptors (Lipinski definition) is 8. The molecule has 1 fully saturated rings. The highest BCUT2D eigenvalue weighted by Gasteiger charge is 2.34. The van der Waals surface area contributed by atoms with Gasteiger partial charge in [-0.3, -0.25) is 34.2 Å². The minimum Gasteiger partial charge on any atom is -0.354 e. The molecule has 2 aromatic carbocycles. The number of carbonyl (C=O) groups excluding carboxylic acids is 3. The largest absolute Gasteiger partial charge is 0.354 e. The number of imide groups is 1. The van der Waals surface area contributed by atoms with Gasteiger partial charge in [0.2, 0.25) is 5.91 Å². The number of nitro groups is 1. The van der Waals surface area contributed by atoms with Crippen LogP contribution >= 0.6 is 23.4 Å². The normalized spacial score (nSPS) is 14.6. The van der Waals surface area contributed by atoms with Crippen LogP contribution < -0.4 is 10.9 Å². The van der Waals surface area contributed by atoms with Crippen LogP contribution in [0.15, 0.2) is 52.2 Å². The van der Waals surface area contributed by atoms with Crippen LogP contribution in [0.2, 0.25) is 5.02 Å². The number of aryl methyl sites for hydroxylation is 1. The van der Waals surface area contributed by atoms with E-state index in [1.165, 1.54) is 24.3 Å². The van der Waals surface area contributed by atoms with Crippen LogP contribution in [-0.4, -0.2) is 49.9 Å². The van der Waals surface area contributed by atoms with E-state index < -0.39 is 16.1 Å². The maximum Gasteiger partial charge on any atom is 0.293 e. The van der Waals surface area contributed by atoms with Crippen LogP contribution in [0.3, 0.4) is 0 Å². The lowest BCUT2D eigenvalue weighted by molar-refractivity contribution is -0.384. The first kappa shape index (κ1) is 25.1. The molecule has 4 rings (SSSR count). The van der Waals surface area contributed by atoms with Crippen molar-refractivity contribution in [3.8, 4) is 0 Å². The topological polar surface area (TPSA) is 155 Å². The molecule has 0 saturated carbocycles. The summed E-state index contributed by atoms with van der Waals surface area (Å²) in [4.78, 5) is 67.8. The highest BCUT2D eigenvalue weighted by atomic mass is 35.5. The Kier molecular flexibility index (Phi) is 7.46. The summed E-state index contributed by atoms with van der Waals surface area (Å²) in [7, 11) is 0. The number of nitrogens with one attached hydrogen (secondary N) is 2. The van der Waals surface area contributed by atoms with Gasteiger partial charge in [0.05, 0.1) is 20.7 Å². The van der Waals surface area contributed by atoms with Crippen molar-refractivity contribution in [1.29, 1.82) is 0 Å². The van der Waals surface area contributed by atoms with Gasteiger partial charge in [-0.05, 0) is 41.6 Å². The van der Waals surface area contributed by atoms with Gasteiger partial charge in [-0.25, -0.2) is 4.98 Å². The number of nitrogens with zero attached hydrogens (tertiary/aromatic N) is 3. The van der Waals surface area contributed by atoms with E-state index >= 15 is 0 Å². The molecule has 0 bridgehead atoms. The third kappa shape index (κ3) is 5.61. The molecule has 3 aromatic rings. The molecule has 0 aliphatic carbocycles. The second-order valence-corrected chi connectivity index (χ2v) is 9.08. The predicted molar refractivity (Wildman–Crippen MR) is 134 cm³/mol. The first-order valence-electron chi connectivity index (χ1n) is 10.7. The number of aromatic nitrogens is 2. The summed E-state index contributed by atoms with van der Waals surface area (Å²) in [5.74, 6) is -0.510. The van der Waals surface area contributed by atoms with E-state index in [2.05, 4.69) is 15.3 Å². The third-order valence-corrected chi connectivity index (χ3v) is 6.47. The van der Waals surface area contributed by atoms with Crippen molar-refractivity contribution in [1.82, 2.24) is 20.2 Å². The summed E-state index contributed by atoms with van der Waals surface area (Å²) >= 11 is 6.51. The number of amides is 3. The maximum atomic E-state index is 12.6.